The van der Waals surface area contributed by atoms with Gasteiger partial charge in [0.25, 0.3) is 0 Å². The van der Waals surface area contributed by atoms with Crippen LogP contribution in [0.5, 0.6) is 5.88 Å². The molecule has 0 spiro atoms. The Morgan fingerprint density at radius 2 is 2.14 bits per heavy atom. The highest BCUT2D eigenvalue weighted by molar-refractivity contribution is 6.58. The minimum absolute atomic E-state index is 0.337. The van der Waals surface area contributed by atoms with Crippen molar-refractivity contribution in [2.75, 3.05) is 20.3 Å². The van der Waals surface area contributed by atoms with Crippen LogP contribution in [0, 0.1) is 0 Å². The van der Waals surface area contributed by atoms with Crippen molar-refractivity contribution in [2.45, 2.75) is 0 Å². The Labute approximate surface area is 82.5 Å². The smallest absolute Gasteiger partial charge is 0.475 e. The normalized spacial score (nSPS) is 9.93. The van der Waals surface area contributed by atoms with E-state index in [1.54, 1.807) is 19.2 Å². The van der Waals surface area contributed by atoms with E-state index >= 15 is 0 Å². The summed E-state index contributed by atoms with van der Waals surface area (Å²) in [5.74, 6) is 0.437. The molecule has 6 heteroatoms. The van der Waals surface area contributed by atoms with Crippen molar-refractivity contribution in [2.24, 2.45) is 0 Å². The van der Waals surface area contributed by atoms with Gasteiger partial charge in [0.2, 0.25) is 5.88 Å². The van der Waals surface area contributed by atoms with Crippen molar-refractivity contribution in [1.29, 1.82) is 0 Å². The summed E-state index contributed by atoms with van der Waals surface area (Å²) in [6.45, 7) is 0.913. The minimum Gasteiger partial charge on any atom is -0.475 e. The van der Waals surface area contributed by atoms with Crippen LogP contribution in [0.2, 0.25) is 0 Å². The molecule has 1 aromatic heterocycles. The number of rotatable bonds is 5. The SMILES string of the molecule is COCCOc1ccc(B(O)O)cn1. The van der Waals surface area contributed by atoms with Crippen LogP contribution in [0.4, 0.5) is 0 Å². The van der Waals surface area contributed by atoms with Crippen LogP contribution in [0.1, 0.15) is 0 Å². The lowest BCUT2D eigenvalue weighted by atomic mass is 9.82. The molecule has 0 fully saturated rings. The molecule has 0 saturated carbocycles. The summed E-state index contributed by atoms with van der Waals surface area (Å²) in [5, 5.41) is 17.6. The molecule has 2 N–H and O–H groups in total. The molecule has 0 saturated heterocycles. The average Bonchev–Trinajstić information content (AvgIpc) is 2.19. The highest BCUT2D eigenvalue weighted by Gasteiger charge is 2.10. The maximum Gasteiger partial charge on any atom is 0.490 e. The number of hydrogen-bond acceptors (Lipinski definition) is 5. The third kappa shape index (κ3) is 3.33. The van der Waals surface area contributed by atoms with Crippen molar-refractivity contribution in [1.82, 2.24) is 4.98 Å². The summed E-state index contributed by atoms with van der Waals surface area (Å²) in [4.78, 5) is 3.87. The van der Waals surface area contributed by atoms with Crippen molar-refractivity contribution in [3.05, 3.63) is 18.3 Å². The van der Waals surface area contributed by atoms with Crippen LogP contribution in [0.15, 0.2) is 18.3 Å². The first-order valence-electron chi connectivity index (χ1n) is 4.18. The lowest BCUT2D eigenvalue weighted by Gasteiger charge is -2.04. The molecule has 0 unspecified atom stereocenters. The molecule has 1 rings (SSSR count). The first kappa shape index (κ1) is 11.0. The fraction of sp³-hybridized carbons (Fsp3) is 0.375. The monoisotopic (exact) mass is 197 g/mol. The number of aromatic nitrogens is 1. The van der Waals surface area contributed by atoms with Gasteiger partial charge in [0.15, 0.2) is 0 Å². The molecular weight excluding hydrogens is 185 g/mol. The molecule has 0 aliphatic rings. The van der Waals surface area contributed by atoms with Gasteiger partial charge in [-0.15, -0.1) is 0 Å². The molecule has 0 radical (unpaired) electrons. The predicted octanol–water partition coefficient (Wildman–Crippen LogP) is -1.21. The van der Waals surface area contributed by atoms with Crippen LogP contribution in [-0.2, 0) is 4.74 Å². The van der Waals surface area contributed by atoms with Crippen molar-refractivity contribution in [3.8, 4) is 5.88 Å². The summed E-state index contributed by atoms with van der Waals surface area (Å²) in [6, 6.07) is 3.12. The van der Waals surface area contributed by atoms with E-state index in [2.05, 4.69) is 4.98 Å². The molecule has 14 heavy (non-hydrogen) atoms. The minimum atomic E-state index is -1.49. The van der Waals surface area contributed by atoms with Gasteiger partial charge in [0, 0.05) is 18.8 Å². The number of methoxy groups -OCH3 is 1. The summed E-state index contributed by atoms with van der Waals surface area (Å²) < 4.78 is 9.97. The Bertz CT molecular complexity index is 265. The predicted molar refractivity (Wildman–Crippen MR) is 51.4 cm³/mol. The van der Waals surface area contributed by atoms with Gasteiger partial charge in [-0.05, 0) is 6.07 Å². The molecule has 0 bridgehead atoms. The Morgan fingerprint density at radius 1 is 1.36 bits per heavy atom. The largest absolute Gasteiger partial charge is 0.490 e. The Hall–Kier alpha value is -1.11. The molecule has 1 heterocycles. The van der Waals surface area contributed by atoms with Gasteiger partial charge in [0.1, 0.15) is 6.61 Å². The van der Waals surface area contributed by atoms with Gasteiger partial charge in [-0.3, -0.25) is 0 Å². The van der Waals surface area contributed by atoms with Crippen molar-refractivity contribution >= 4 is 12.6 Å². The van der Waals surface area contributed by atoms with Crippen LogP contribution in [-0.4, -0.2) is 42.5 Å². The standard InChI is InChI=1S/C8H12BNO4/c1-13-4-5-14-8-3-2-7(6-10-8)9(11)12/h2-3,6,11-12H,4-5H2,1H3. The highest BCUT2D eigenvalue weighted by Crippen LogP contribution is 2.01. The van der Waals surface area contributed by atoms with Crippen molar-refractivity contribution in [3.63, 3.8) is 0 Å². The fourth-order valence-electron chi connectivity index (χ4n) is 0.859. The average molecular weight is 197 g/mol. The topological polar surface area (TPSA) is 71.8 Å². The number of hydrogen-bond donors (Lipinski definition) is 2. The van der Waals surface area contributed by atoms with E-state index in [4.69, 9.17) is 19.5 Å². The van der Waals surface area contributed by atoms with E-state index in [1.165, 1.54) is 6.20 Å². The van der Waals surface area contributed by atoms with E-state index < -0.39 is 7.12 Å². The summed E-state index contributed by atoms with van der Waals surface area (Å²) in [6.07, 6.45) is 1.35. The van der Waals surface area contributed by atoms with Crippen LogP contribution in [0.3, 0.4) is 0 Å². The molecule has 1 aromatic rings. The van der Waals surface area contributed by atoms with Gasteiger partial charge in [-0.25, -0.2) is 4.98 Å². The van der Waals surface area contributed by atoms with E-state index in [9.17, 15) is 0 Å². The third-order valence-electron chi connectivity index (χ3n) is 1.59. The molecular formula is C8H12BNO4. The highest BCUT2D eigenvalue weighted by atomic mass is 16.5. The Kier molecular flexibility index (Phi) is 4.38. The number of nitrogens with zero attached hydrogens (tertiary/aromatic N) is 1. The maximum absolute atomic E-state index is 8.78. The molecule has 0 amide bonds. The van der Waals surface area contributed by atoms with Gasteiger partial charge in [0.05, 0.1) is 6.61 Å². The molecule has 5 nitrogen and oxygen atoms in total. The first-order valence-corrected chi connectivity index (χ1v) is 4.18. The maximum atomic E-state index is 8.78. The zero-order valence-electron chi connectivity index (χ0n) is 7.88. The summed E-state index contributed by atoms with van der Waals surface area (Å²) in [7, 11) is 0.0951. The van der Waals surface area contributed by atoms with E-state index in [1.807, 2.05) is 0 Å². The zero-order valence-corrected chi connectivity index (χ0v) is 7.88. The molecule has 0 aromatic carbocycles. The Morgan fingerprint density at radius 3 is 2.64 bits per heavy atom. The summed E-state index contributed by atoms with van der Waals surface area (Å²) >= 11 is 0. The molecule has 0 atom stereocenters. The number of pyridine rings is 1. The third-order valence-corrected chi connectivity index (χ3v) is 1.59. The second kappa shape index (κ2) is 5.59. The van der Waals surface area contributed by atoms with E-state index in [0.717, 1.165) is 0 Å². The molecule has 76 valence electrons. The van der Waals surface area contributed by atoms with Crippen LogP contribution >= 0.6 is 0 Å². The Balaban J connectivity index is 2.47. The summed E-state index contributed by atoms with van der Waals surface area (Å²) in [5.41, 5.74) is 0.337. The molecule has 0 aliphatic heterocycles. The molecule has 0 aliphatic carbocycles. The number of ether oxygens (including phenoxy) is 2. The van der Waals surface area contributed by atoms with Crippen molar-refractivity contribution < 1.29 is 19.5 Å². The fourth-order valence-corrected chi connectivity index (χ4v) is 0.859. The van der Waals surface area contributed by atoms with Crippen LogP contribution in [0.25, 0.3) is 0 Å². The van der Waals surface area contributed by atoms with Gasteiger partial charge < -0.3 is 19.5 Å². The van der Waals surface area contributed by atoms with Crippen LogP contribution < -0.4 is 10.2 Å². The van der Waals surface area contributed by atoms with Gasteiger partial charge in [-0.2, -0.15) is 0 Å². The lowest BCUT2D eigenvalue weighted by molar-refractivity contribution is 0.144. The van der Waals surface area contributed by atoms with Gasteiger partial charge in [-0.1, -0.05) is 6.07 Å². The zero-order chi connectivity index (χ0) is 10.4. The van der Waals surface area contributed by atoms with E-state index in [-0.39, 0.29) is 0 Å². The lowest BCUT2D eigenvalue weighted by Crippen LogP contribution is -2.29. The first-order chi connectivity index (χ1) is 6.74. The van der Waals surface area contributed by atoms with Gasteiger partial charge >= 0.3 is 7.12 Å². The second-order valence-electron chi connectivity index (χ2n) is 2.64. The van der Waals surface area contributed by atoms with E-state index in [0.29, 0.717) is 24.6 Å². The quantitative estimate of drug-likeness (QED) is 0.457. The second-order valence-corrected chi connectivity index (χ2v) is 2.64.